The predicted octanol–water partition coefficient (Wildman–Crippen LogP) is 12.5. The molecule has 2 aliphatic heterocycles. The molecule has 0 amide bonds. The second-order valence-corrected chi connectivity index (χ2v) is 15.4. The third-order valence-corrected chi connectivity index (χ3v) is 11.9. The number of allylic oxidation sites excluding steroid dienone is 4. The largest absolute Gasteiger partial charge is 0.314 e. The standard InChI is InChI=1S/C48H40N2/c1-47(2)40-21-12-20-38-39-29-37(30-43-45(39)50(44(38)40)46-41(47)22-13-23-42(46)48(43,3)4)49(35-26-24-33(25-27-35)31-14-7-5-8-15-31)36-19-11-18-34(28-36)32-16-9-6-10-17-32/h5-27,29-30,34H,28H2,1-4H3. The van der Waals surface area contributed by atoms with E-state index in [2.05, 4.69) is 189 Å². The molecule has 3 aliphatic rings. The maximum absolute atomic E-state index is 2.62. The molecule has 10 rings (SSSR count). The zero-order valence-electron chi connectivity index (χ0n) is 29.1. The van der Waals surface area contributed by atoms with Crippen molar-refractivity contribution in [2.45, 2.75) is 50.9 Å². The van der Waals surface area contributed by atoms with E-state index >= 15 is 0 Å². The van der Waals surface area contributed by atoms with Crippen molar-refractivity contribution in [2.75, 3.05) is 4.90 Å². The molecule has 1 unspecified atom stereocenters. The molecule has 0 N–H and O–H groups in total. The molecule has 1 aromatic heterocycles. The number of fused-ring (bicyclic) bond motifs is 1. The van der Waals surface area contributed by atoms with Crippen LogP contribution in [0, 0.1) is 0 Å². The minimum atomic E-state index is -0.187. The minimum Gasteiger partial charge on any atom is -0.314 e. The van der Waals surface area contributed by atoms with Crippen molar-refractivity contribution >= 4 is 33.2 Å². The fraction of sp³-hybridized carbons (Fsp3) is 0.167. The molecule has 6 aromatic carbocycles. The summed E-state index contributed by atoms with van der Waals surface area (Å²) in [6.45, 7) is 9.66. The summed E-state index contributed by atoms with van der Waals surface area (Å²) in [7, 11) is 0. The summed E-state index contributed by atoms with van der Waals surface area (Å²) in [5.41, 5.74) is 16.9. The van der Waals surface area contributed by atoms with Gasteiger partial charge < -0.3 is 9.47 Å². The Bertz CT molecular complexity index is 2540. The normalized spacial score (nSPS) is 17.7. The van der Waals surface area contributed by atoms with Gasteiger partial charge in [0.05, 0.1) is 16.7 Å². The molecule has 3 heterocycles. The van der Waals surface area contributed by atoms with Gasteiger partial charge in [0.2, 0.25) is 0 Å². The number of hydrogen-bond acceptors (Lipinski definition) is 1. The summed E-state index contributed by atoms with van der Waals surface area (Å²) in [6, 6.07) is 49.7. The third kappa shape index (κ3) is 4.02. The average molecular weight is 645 g/mol. The Balaban J connectivity index is 1.23. The molecule has 0 spiro atoms. The molecule has 242 valence electrons. The second kappa shape index (κ2) is 10.5. The molecule has 7 aromatic rings. The molecule has 50 heavy (non-hydrogen) atoms. The summed E-state index contributed by atoms with van der Waals surface area (Å²) in [6.07, 6.45) is 7.86. The quantitative estimate of drug-likeness (QED) is 0.181. The molecule has 1 aliphatic carbocycles. The molecule has 2 heteroatoms. The number of para-hydroxylation sites is 2. The van der Waals surface area contributed by atoms with Crippen LogP contribution in [0.5, 0.6) is 0 Å². The highest BCUT2D eigenvalue weighted by Crippen LogP contribution is 2.56. The van der Waals surface area contributed by atoms with Crippen LogP contribution in [0.1, 0.15) is 67.9 Å². The number of nitrogens with zero attached hydrogens (tertiary/aromatic N) is 2. The van der Waals surface area contributed by atoms with Gasteiger partial charge in [0, 0.05) is 44.6 Å². The van der Waals surface area contributed by atoms with E-state index in [4.69, 9.17) is 0 Å². The second-order valence-electron chi connectivity index (χ2n) is 15.4. The van der Waals surface area contributed by atoms with E-state index in [1.807, 2.05) is 0 Å². The van der Waals surface area contributed by atoms with E-state index in [1.54, 1.807) is 0 Å². The van der Waals surface area contributed by atoms with Crippen molar-refractivity contribution in [3.8, 4) is 16.8 Å². The van der Waals surface area contributed by atoms with E-state index in [0.717, 1.165) is 6.42 Å². The summed E-state index contributed by atoms with van der Waals surface area (Å²) in [5, 5.41) is 2.67. The first-order chi connectivity index (χ1) is 24.3. The fourth-order valence-corrected chi connectivity index (χ4v) is 9.27. The van der Waals surface area contributed by atoms with Gasteiger partial charge in [-0.2, -0.15) is 0 Å². The molecule has 0 saturated heterocycles. The first kappa shape index (κ1) is 29.3. The third-order valence-electron chi connectivity index (χ3n) is 11.9. The highest BCUT2D eigenvalue weighted by Gasteiger charge is 2.43. The Hall–Kier alpha value is -5.60. The van der Waals surface area contributed by atoms with E-state index in [9.17, 15) is 0 Å². The van der Waals surface area contributed by atoms with Crippen molar-refractivity contribution < 1.29 is 0 Å². The topological polar surface area (TPSA) is 8.17 Å². The van der Waals surface area contributed by atoms with Crippen LogP contribution in [0.4, 0.5) is 11.4 Å². The summed E-state index contributed by atoms with van der Waals surface area (Å²) >= 11 is 0. The lowest BCUT2D eigenvalue weighted by atomic mass is 9.68. The van der Waals surface area contributed by atoms with Gasteiger partial charge in [0.1, 0.15) is 0 Å². The highest BCUT2D eigenvalue weighted by atomic mass is 15.2. The van der Waals surface area contributed by atoms with Crippen molar-refractivity contribution in [3.05, 3.63) is 185 Å². The number of aromatic nitrogens is 1. The van der Waals surface area contributed by atoms with Gasteiger partial charge in [0.15, 0.2) is 0 Å². The first-order valence-electron chi connectivity index (χ1n) is 18.0. The predicted molar refractivity (Wildman–Crippen MR) is 210 cm³/mol. The molecule has 0 saturated carbocycles. The van der Waals surface area contributed by atoms with Crippen LogP contribution in [0.3, 0.4) is 0 Å². The number of rotatable bonds is 5. The summed E-state index contributed by atoms with van der Waals surface area (Å²) in [5.74, 6) is 0.312. The Kier molecular flexibility index (Phi) is 6.13. The SMILES string of the molecule is CC1(C)c2cccc3c2-n2c4c1cccc4c1cc(N(C4=CC=CC(c5ccccc5)C4)c4ccc(-c5ccccc5)cc4)cc(c12)C3(C)C. The van der Waals surface area contributed by atoms with Crippen LogP contribution >= 0.6 is 0 Å². The van der Waals surface area contributed by atoms with Gasteiger partial charge in [-0.25, -0.2) is 0 Å². The van der Waals surface area contributed by atoms with Crippen LogP contribution in [-0.2, 0) is 10.8 Å². The number of benzene rings is 6. The maximum atomic E-state index is 2.62. The van der Waals surface area contributed by atoms with Crippen molar-refractivity contribution in [1.82, 2.24) is 4.57 Å². The van der Waals surface area contributed by atoms with E-state index in [-0.39, 0.29) is 10.8 Å². The fourth-order valence-electron chi connectivity index (χ4n) is 9.27. The van der Waals surface area contributed by atoms with Crippen molar-refractivity contribution in [1.29, 1.82) is 0 Å². The van der Waals surface area contributed by atoms with Crippen LogP contribution in [0.15, 0.2) is 157 Å². The number of hydrogen-bond donors (Lipinski definition) is 0. The molecule has 1 atom stereocenters. The van der Waals surface area contributed by atoms with Crippen LogP contribution in [0.25, 0.3) is 38.6 Å². The Morgan fingerprint density at radius 3 is 1.92 bits per heavy atom. The Morgan fingerprint density at radius 1 is 0.560 bits per heavy atom. The molecular formula is C48H40N2. The smallest absolute Gasteiger partial charge is 0.0583 e. The van der Waals surface area contributed by atoms with Crippen LogP contribution in [0.2, 0.25) is 0 Å². The van der Waals surface area contributed by atoms with Gasteiger partial charge in [-0.1, -0.05) is 149 Å². The van der Waals surface area contributed by atoms with Crippen LogP contribution < -0.4 is 4.90 Å². The Morgan fingerprint density at radius 2 is 1.18 bits per heavy atom. The Labute approximate surface area is 294 Å². The minimum absolute atomic E-state index is 0.0934. The monoisotopic (exact) mass is 644 g/mol. The molecule has 0 radical (unpaired) electrons. The van der Waals surface area contributed by atoms with Crippen LogP contribution in [-0.4, -0.2) is 4.57 Å². The highest BCUT2D eigenvalue weighted by molar-refractivity contribution is 6.15. The molecule has 0 bridgehead atoms. The lowest BCUT2D eigenvalue weighted by Gasteiger charge is -2.42. The molecular weight excluding hydrogens is 605 g/mol. The van der Waals surface area contributed by atoms with E-state index in [1.165, 1.54) is 83.5 Å². The van der Waals surface area contributed by atoms with Gasteiger partial charge in [-0.15, -0.1) is 0 Å². The van der Waals surface area contributed by atoms with Crippen molar-refractivity contribution in [2.24, 2.45) is 0 Å². The average Bonchev–Trinajstić information content (AvgIpc) is 3.49. The zero-order valence-corrected chi connectivity index (χ0v) is 29.1. The molecule has 2 nitrogen and oxygen atoms in total. The molecule has 0 fully saturated rings. The van der Waals surface area contributed by atoms with Crippen molar-refractivity contribution in [3.63, 3.8) is 0 Å². The number of anilines is 2. The summed E-state index contributed by atoms with van der Waals surface area (Å²) in [4.78, 5) is 2.53. The maximum Gasteiger partial charge on any atom is 0.0583 e. The van der Waals surface area contributed by atoms with Gasteiger partial charge in [-0.05, 0) is 75.7 Å². The van der Waals surface area contributed by atoms with E-state index < -0.39 is 0 Å². The lowest BCUT2D eigenvalue weighted by Crippen LogP contribution is -2.33. The van der Waals surface area contributed by atoms with Gasteiger partial charge in [0.25, 0.3) is 0 Å². The van der Waals surface area contributed by atoms with Gasteiger partial charge in [-0.3, -0.25) is 0 Å². The zero-order chi connectivity index (χ0) is 33.8. The lowest BCUT2D eigenvalue weighted by molar-refractivity contribution is 0.593. The van der Waals surface area contributed by atoms with E-state index in [0.29, 0.717) is 5.92 Å². The first-order valence-corrected chi connectivity index (χ1v) is 18.0. The summed E-state index contributed by atoms with van der Waals surface area (Å²) < 4.78 is 2.62. The van der Waals surface area contributed by atoms with Gasteiger partial charge >= 0.3 is 0 Å².